The van der Waals surface area contributed by atoms with Crippen molar-refractivity contribution in [3.05, 3.63) is 12.4 Å². The molecule has 0 N–H and O–H groups in total. The maximum atomic E-state index is 10.8. The predicted molar refractivity (Wildman–Crippen MR) is 38.5 cm³/mol. The molecule has 0 fully saturated rings. The quantitative estimate of drug-likeness (QED) is 0.528. The van der Waals surface area contributed by atoms with Gasteiger partial charge in [0.25, 0.3) is 0 Å². The van der Waals surface area contributed by atoms with Gasteiger partial charge in [0.05, 0.1) is 6.26 Å². The summed E-state index contributed by atoms with van der Waals surface area (Å²) in [4.78, 5) is 1.79. The molecule has 0 aromatic rings. The molecule has 1 aliphatic heterocycles. The van der Waals surface area contributed by atoms with Crippen molar-refractivity contribution in [3.8, 4) is 0 Å². The molecular weight excluding hydrogens is 152 g/mol. The number of hydrogen-bond acceptors (Lipinski definition) is 3. The Morgan fingerprint density at radius 3 is 2.20 bits per heavy atom. The van der Waals surface area contributed by atoms with Crippen LogP contribution in [0.15, 0.2) is 12.4 Å². The van der Waals surface area contributed by atoms with E-state index in [1.54, 1.807) is 17.3 Å². The summed E-state index contributed by atoms with van der Waals surface area (Å²) in [5.41, 5.74) is 0. The fourth-order valence-electron chi connectivity index (χ4n) is 0.718. The molecule has 58 valence electrons. The lowest BCUT2D eigenvalue weighted by Gasteiger charge is -2.14. The first kappa shape index (κ1) is 7.40. The highest BCUT2D eigenvalue weighted by atomic mass is 32.2. The minimum Gasteiger partial charge on any atom is -0.361 e. The van der Waals surface area contributed by atoms with Gasteiger partial charge >= 0.3 is 0 Å². The van der Waals surface area contributed by atoms with E-state index in [0.717, 1.165) is 0 Å². The molecule has 0 radical (unpaired) electrons. The zero-order valence-electron chi connectivity index (χ0n) is 5.98. The summed E-state index contributed by atoms with van der Waals surface area (Å²) in [6.45, 7) is 0.429. The van der Waals surface area contributed by atoms with Crippen LogP contribution in [0.5, 0.6) is 0 Å². The molecule has 0 unspecified atom stereocenters. The van der Waals surface area contributed by atoms with Crippen LogP contribution in [-0.4, -0.2) is 37.6 Å². The van der Waals surface area contributed by atoms with Crippen LogP contribution >= 0.6 is 0 Å². The molecule has 0 bridgehead atoms. The van der Waals surface area contributed by atoms with Gasteiger partial charge in [0.1, 0.15) is 6.67 Å². The van der Waals surface area contributed by atoms with Crippen molar-refractivity contribution in [2.75, 3.05) is 20.0 Å². The minimum atomic E-state index is -3.03. The number of hydrogen-bond donors (Lipinski definition) is 0. The topological polar surface area (TPSA) is 40.6 Å². The second-order valence-corrected chi connectivity index (χ2v) is 4.28. The van der Waals surface area contributed by atoms with Crippen LogP contribution < -0.4 is 0 Å². The largest absolute Gasteiger partial charge is 0.361 e. The Morgan fingerprint density at radius 1 is 1.40 bits per heavy atom. The summed E-state index contributed by atoms with van der Waals surface area (Å²) < 4.78 is 22.9. The van der Waals surface area contributed by atoms with Crippen LogP contribution in [0.25, 0.3) is 0 Å². The summed E-state index contributed by atoms with van der Waals surface area (Å²) >= 11 is 0. The highest BCUT2D eigenvalue weighted by molar-refractivity contribution is 7.88. The van der Waals surface area contributed by atoms with Crippen molar-refractivity contribution >= 4 is 10.0 Å². The second kappa shape index (κ2) is 2.16. The normalized spacial score (nSPS) is 18.6. The van der Waals surface area contributed by atoms with Gasteiger partial charge in [-0.15, -0.1) is 0 Å². The molecule has 0 aliphatic carbocycles. The summed E-state index contributed by atoms with van der Waals surface area (Å²) in [7, 11) is -1.21. The Labute approximate surface area is 60.8 Å². The number of sulfonamides is 1. The van der Waals surface area contributed by atoms with E-state index >= 15 is 0 Å². The molecule has 0 amide bonds. The summed E-state index contributed by atoms with van der Waals surface area (Å²) in [6, 6.07) is 0. The van der Waals surface area contributed by atoms with E-state index in [-0.39, 0.29) is 0 Å². The first-order valence-electron chi connectivity index (χ1n) is 2.85. The lowest BCUT2D eigenvalue weighted by Crippen LogP contribution is -2.27. The predicted octanol–water partition coefficient (Wildman–Crippen LogP) is -0.378. The van der Waals surface area contributed by atoms with Crippen LogP contribution in [-0.2, 0) is 10.0 Å². The van der Waals surface area contributed by atoms with Crippen molar-refractivity contribution in [1.82, 2.24) is 9.21 Å². The molecule has 0 aromatic carbocycles. The van der Waals surface area contributed by atoms with Crippen LogP contribution in [0, 0.1) is 0 Å². The van der Waals surface area contributed by atoms with E-state index in [2.05, 4.69) is 0 Å². The van der Waals surface area contributed by atoms with E-state index in [9.17, 15) is 8.42 Å². The first-order chi connectivity index (χ1) is 4.50. The maximum absolute atomic E-state index is 10.8. The van der Waals surface area contributed by atoms with Gasteiger partial charge in [0.15, 0.2) is 0 Å². The zero-order chi connectivity index (χ0) is 7.78. The van der Waals surface area contributed by atoms with E-state index in [4.69, 9.17) is 0 Å². The lowest BCUT2D eigenvalue weighted by molar-refractivity contribution is 0.387. The smallest absolute Gasteiger partial charge is 0.233 e. The van der Waals surface area contributed by atoms with E-state index < -0.39 is 10.0 Å². The molecule has 1 rings (SSSR count). The number of rotatable bonds is 1. The molecule has 10 heavy (non-hydrogen) atoms. The highest BCUT2D eigenvalue weighted by Gasteiger charge is 2.16. The fraction of sp³-hybridized carbons (Fsp3) is 0.600. The van der Waals surface area contributed by atoms with Gasteiger partial charge in [-0.25, -0.2) is 8.42 Å². The molecule has 1 aliphatic rings. The molecule has 0 aromatic heterocycles. The van der Waals surface area contributed by atoms with E-state index in [1.807, 2.05) is 7.05 Å². The van der Waals surface area contributed by atoms with Gasteiger partial charge in [-0.05, 0) is 0 Å². The molecule has 0 saturated heterocycles. The molecular formula is C5H10N2O2S. The van der Waals surface area contributed by atoms with Crippen LogP contribution in [0.4, 0.5) is 0 Å². The van der Waals surface area contributed by atoms with Gasteiger partial charge in [-0.2, -0.15) is 0 Å². The Bertz CT molecular complexity index is 244. The number of nitrogens with zero attached hydrogens (tertiary/aromatic N) is 2. The van der Waals surface area contributed by atoms with Crippen molar-refractivity contribution in [3.63, 3.8) is 0 Å². The summed E-state index contributed by atoms with van der Waals surface area (Å²) in [6.07, 6.45) is 4.47. The van der Waals surface area contributed by atoms with Crippen molar-refractivity contribution in [2.24, 2.45) is 0 Å². The van der Waals surface area contributed by atoms with E-state index in [0.29, 0.717) is 6.67 Å². The standard InChI is InChI=1S/C5H10N2O2S/c1-6-3-4-7(5-6)10(2,8)9/h3-4H,5H2,1-2H3. The summed E-state index contributed by atoms with van der Waals surface area (Å²) in [5, 5.41) is 0. The third kappa shape index (κ3) is 1.41. The van der Waals surface area contributed by atoms with Crippen molar-refractivity contribution in [1.29, 1.82) is 0 Å². The molecule has 0 saturated carbocycles. The Kier molecular flexibility index (Phi) is 1.60. The fourth-order valence-corrected chi connectivity index (χ4v) is 1.39. The van der Waals surface area contributed by atoms with Crippen LogP contribution in [0.3, 0.4) is 0 Å². The molecule has 0 spiro atoms. The minimum absolute atomic E-state index is 0.429. The average Bonchev–Trinajstić information content (AvgIpc) is 2.11. The average molecular weight is 162 g/mol. The highest BCUT2D eigenvalue weighted by Crippen LogP contribution is 2.07. The Balaban J connectivity index is 2.73. The van der Waals surface area contributed by atoms with Gasteiger partial charge < -0.3 is 4.90 Å². The van der Waals surface area contributed by atoms with E-state index in [1.165, 1.54) is 10.6 Å². The first-order valence-corrected chi connectivity index (χ1v) is 4.70. The van der Waals surface area contributed by atoms with Gasteiger partial charge in [-0.1, -0.05) is 0 Å². The van der Waals surface area contributed by atoms with Crippen molar-refractivity contribution < 1.29 is 8.42 Å². The third-order valence-corrected chi connectivity index (χ3v) is 2.37. The Hall–Kier alpha value is -0.710. The van der Waals surface area contributed by atoms with Crippen molar-refractivity contribution in [2.45, 2.75) is 0 Å². The SMILES string of the molecule is CN1C=CN(S(C)(=O)=O)C1. The van der Waals surface area contributed by atoms with Crippen LogP contribution in [0.1, 0.15) is 0 Å². The Morgan fingerprint density at radius 2 is 2.00 bits per heavy atom. The molecule has 1 heterocycles. The third-order valence-electron chi connectivity index (χ3n) is 1.28. The monoisotopic (exact) mass is 162 g/mol. The maximum Gasteiger partial charge on any atom is 0.233 e. The second-order valence-electron chi connectivity index (χ2n) is 2.35. The zero-order valence-corrected chi connectivity index (χ0v) is 6.80. The summed E-state index contributed by atoms with van der Waals surface area (Å²) in [5.74, 6) is 0. The van der Waals surface area contributed by atoms with Crippen LogP contribution in [0.2, 0.25) is 0 Å². The van der Waals surface area contributed by atoms with Gasteiger partial charge in [0, 0.05) is 19.4 Å². The molecule has 5 heteroatoms. The van der Waals surface area contributed by atoms with Gasteiger partial charge in [0.2, 0.25) is 10.0 Å². The van der Waals surface area contributed by atoms with Gasteiger partial charge in [-0.3, -0.25) is 4.31 Å². The molecule has 4 nitrogen and oxygen atoms in total. The molecule has 0 atom stereocenters. The lowest BCUT2D eigenvalue weighted by atomic mass is 10.9.